The van der Waals surface area contributed by atoms with Crippen LogP contribution >= 0.6 is 0 Å². The second-order valence-electron chi connectivity index (χ2n) is 5.10. The fourth-order valence-corrected chi connectivity index (χ4v) is 3.05. The Kier molecular flexibility index (Phi) is 2.74. The van der Waals surface area contributed by atoms with Crippen molar-refractivity contribution >= 4 is 5.97 Å². The number of carbonyl (C=O) groups is 1. The van der Waals surface area contributed by atoms with E-state index in [4.69, 9.17) is 9.84 Å². The molecule has 2 unspecified atom stereocenters. The van der Waals surface area contributed by atoms with E-state index in [1.807, 2.05) is 6.07 Å². The SMILES string of the molecule is Cc1ccc2c(c1C1CC(C(=O)O)CN1)CCO2. The lowest BCUT2D eigenvalue weighted by Crippen LogP contribution is -2.18. The Morgan fingerprint density at radius 3 is 3.06 bits per heavy atom. The van der Waals surface area contributed by atoms with Crippen LogP contribution in [0.1, 0.15) is 29.2 Å². The molecular weight excluding hydrogens is 230 g/mol. The van der Waals surface area contributed by atoms with Crippen LogP contribution in [0.5, 0.6) is 5.75 Å². The molecule has 0 aromatic heterocycles. The molecule has 0 amide bonds. The quantitative estimate of drug-likeness (QED) is 0.834. The van der Waals surface area contributed by atoms with Gasteiger partial charge < -0.3 is 15.2 Å². The summed E-state index contributed by atoms with van der Waals surface area (Å²) in [6, 6.07) is 4.24. The molecule has 2 N–H and O–H groups in total. The number of hydrogen-bond donors (Lipinski definition) is 2. The summed E-state index contributed by atoms with van der Waals surface area (Å²) in [5, 5.41) is 12.4. The Morgan fingerprint density at radius 1 is 1.50 bits per heavy atom. The lowest BCUT2D eigenvalue weighted by molar-refractivity contribution is -0.141. The Labute approximate surface area is 106 Å². The highest BCUT2D eigenvalue weighted by Gasteiger charge is 2.33. The molecule has 18 heavy (non-hydrogen) atoms. The van der Waals surface area contributed by atoms with Crippen molar-refractivity contribution in [1.82, 2.24) is 5.32 Å². The van der Waals surface area contributed by atoms with Crippen molar-refractivity contribution in [3.05, 3.63) is 28.8 Å². The summed E-state index contributed by atoms with van der Waals surface area (Å²) >= 11 is 0. The summed E-state index contributed by atoms with van der Waals surface area (Å²) in [5.41, 5.74) is 3.75. The first kappa shape index (κ1) is 11.5. The van der Waals surface area contributed by atoms with E-state index in [0.717, 1.165) is 18.8 Å². The van der Waals surface area contributed by atoms with E-state index < -0.39 is 5.97 Å². The highest BCUT2D eigenvalue weighted by atomic mass is 16.5. The number of carboxylic acids is 1. The van der Waals surface area contributed by atoms with Crippen molar-refractivity contribution in [3.8, 4) is 5.75 Å². The van der Waals surface area contributed by atoms with Gasteiger partial charge in [-0.25, -0.2) is 0 Å². The van der Waals surface area contributed by atoms with E-state index in [9.17, 15) is 4.79 Å². The van der Waals surface area contributed by atoms with Gasteiger partial charge in [-0.05, 0) is 30.5 Å². The van der Waals surface area contributed by atoms with Crippen LogP contribution in [-0.2, 0) is 11.2 Å². The van der Waals surface area contributed by atoms with Crippen molar-refractivity contribution in [1.29, 1.82) is 0 Å². The Morgan fingerprint density at radius 2 is 2.33 bits per heavy atom. The number of aliphatic carboxylic acids is 1. The predicted molar refractivity (Wildman–Crippen MR) is 66.9 cm³/mol. The monoisotopic (exact) mass is 247 g/mol. The van der Waals surface area contributed by atoms with Crippen LogP contribution in [0.4, 0.5) is 0 Å². The highest BCUT2D eigenvalue weighted by molar-refractivity contribution is 5.71. The van der Waals surface area contributed by atoms with Gasteiger partial charge in [0.25, 0.3) is 0 Å². The predicted octanol–water partition coefficient (Wildman–Crippen LogP) is 1.67. The van der Waals surface area contributed by atoms with E-state index in [0.29, 0.717) is 13.0 Å². The molecule has 1 saturated heterocycles. The first-order valence-corrected chi connectivity index (χ1v) is 6.38. The molecular formula is C14H17NO3. The van der Waals surface area contributed by atoms with Gasteiger partial charge in [0.15, 0.2) is 0 Å². The fourth-order valence-electron chi connectivity index (χ4n) is 3.05. The summed E-state index contributed by atoms with van der Waals surface area (Å²) in [4.78, 5) is 11.0. The summed E-state index contributed by atoms with van der Waals surface area (Å²) < 4.78 is 5.58. The maximum absolute atomic E-state index is 11.0. The number of ether oxygens (including phenoxy) is 1. The Hall–Kier alpha value is -1.55. The minimum Gasteiger partial charge on any atom is -0.493 e. The molecule has 1 aromatic carbocycles. The summed E-state index contributed by atoms with van der Waals surface area (Å²) in [7, 11) is 0. The third-order valence-electron chi connectivity index (χ3n) is 3.97. The van der Waals surface area contributed by atoms with Crippen LogP contribution in [0.15, 0.2) is 12.1 Å². The Bertz CT molecular complexity index is 498. The van der Waals surface area contributed by atoms with Crippen molar-refractivity contribution < 1.29 is 14.6 Å². The smallest absolute Gasteiger partial charge is 0.307 e. The van der Waals surface area contributed by atoms with Gasteiger partial charge in [-0.1, -0.05) is 6.07 Å². The van der Waals surface area contributed by atoms with Crippen LogP contribution in [0.3, 0.4) is 0 Å². The zero-order valence-corrected chi connectivity index (χ0v) is 10.4. The molecule has 2 heterocycles. The van der Waals surface area contributed by atoms with Crippen LogP contribution in [0.2, 0.25) is 0 Å². The van der Waals surface area contributed by atoms with Gasteiger partial charge in [0.05, 0.1) is 12.5 Å². The van der Waals surface area contributed by atoms with Crippen LogP contribution in [-0.4, -0.2) is 24.2 Å². The molecule has 4 heteroatoms. The molecule has 0 bridgehead atoms. The number of nitrogens with one attached hydrogen (secondary N) is 1. The topological polar surface area (TPSA) is 58.6 Å². The first-order valence-electron chi connectivity index (χ1n) is 6.38. The fraction of sp³-hybridized carbons (Fsp3) is 0.500. The molecule has 2 aliphatic rings. The molecule has 1 aromatic rings. The van der Waals surface area contributed by atoms with Crippen molar-refractivity contribution in [3.63, 3.8) is 0 Å². The summed E-state index contributed by atoms with van der Waals surface area (Å²) in [5.74, 6) is -0.00441. The van der Waals surface area contributed by atoms with Crippen molar-refractivity contribution in [2.24, 2.45) is 5.92 Å². The lowest BCUT2D eigenvalue weighted by atomic mass is 9.91. The van der Waals surface area contributed by atoms with E-state index >= 15 is 0 Å². The first-order chi connectivity index (χ1) is 8.66. The number of carboxylic acid groups (broad SMARTS) is 1. The van der Waals surface area contributed by atoms with E-state index in [1.54, 1.807) is 0 Å². The van der Waals surface area contributed by atoms with Crippen molar-refractivity contribution in [2.45, 2.75) is 25.8 Å². The third kappa shape index (κ3) is 1.77. The van der Waals surface area contributed by atoms with Gasteiger partial charge in [-0.15, -0.1) is 0 Å². The minimum absolute atomic E-state index is 0.155. The van der Waals surface area contributed by atoms with E-state index in [-0.39, 0.29) is 12.0 Å². The number of rotatable bonds is 2. The van der Waals surface area contributed by atoms with Gasteiger partial charge in [0, 0.05) is 24.6 Å². The zero-order valence-electron chi connectivity index (χ0n) is 10.4. The Balaban J connectivity index is 1.94. The van der Waals surface area contributed by atoms with Gasteiger partial charge in [0.2, 0.25) is 0 Å². The molecule has 96 valence electrons. The molecule has 3 rings (SSSR count). The van der Waals surface area contributed by atoms with Crippen molar-refractivity contribution in [2.75, 3.05) is 13.2 Å². The average Bonchev–Trinajstić information content (AvgIpc) is 2.95. The van der Waals surface area contributed by atoms with Gasteiger partial charge >= 0.3 is 5.97 Å². The van der Waals surface area contributed by atoms with Crippen LogP contribution in [0, 0.1) is 12.8 Å². The standard InChI is InChI=1S/C14H17NO3/c1-8-2-3-12-10(4-5-18-12)13(8)11-6-9(7-15-11)14(16)17/h2-3,9,11,15H,4-7H2,1H3,(H,16,17). The number of aryl methyl sites for hydroxylation is 1. The molecule has 0 aliphatic carbocycles. The number of hydrogen-bond acceptors (Lipinski definition) is 3. The normalized spacial score (nSPS) is 25.8. The molecule has 1 fully saturated rings. The average molecular weight is 247 g/mol. The highest BCUT2D eigenvalue weighted by Crippen LogP contribution is 2.38. The molecule has 0 saturated carbocycles. The molecule has 2 aliphatic heterocycles. The second-order valence-corrected chi connectivity index (χ2v) is 5.10. The van der Waals surface area contributed by atoms with Crippen LogP contribution in [0.25, 0.3) is 0 Å². The lowest BCUT2D eigenvalue weighted by Gasteiger charge is -2.17. The van der Waals surface area contributed by atoms with E-state index in [2.05, 4.69) is 18.3 Å². The summed E-state index contributed by atoms with van der Waals surface area (Å²) in [6.07, 6.45) is 1.61. The molecule has 4 nitrogen and oxygen atoms in total. The number of fused-ring (bicyclic) bond motifs is 1. The van der Waals surface area contributed by atoms with Gasteiger partial charge in [-0.2, -0.15) is 0 Å². The zero-order chi connectivity index (χ0) is 12.7. The summed E-state index contributed by atoms with van der Waals surface area (Å²) in [6.45, 7) is 3.38. The third-order valence-corrected chi connectivity index (χ3v) is 3.97. The molecule has 0 radical (unpaired) electrons. The molecule has 0 spiro atoms. The van der Waals surface area contributed by atoms with Crippen LogP contribution < -0.4 is 10.1 Å². The van der Waals surface area contributed by atoms with Gasteiger partial charge in [0.1, 0.15) is 5.75 Å². The maximum atomic E-state index is 11.0. The second kappa shape index (κ2) is 4.28. The van der Waals surface area contributed by atoms with Gasteiger partial charge in [-0.3, -0.25) is 4.79 Å². The van der Waals surface area contributed by atoms with E-state index in [1.165, 1.54) is 16.7 Å². The minimum atomic E-state index is -0.702. The maximum Gasteiger partial charge on any atom is 0.307 e. The number of benzene rings is 1. The largest absolute Gasteiger partial charge is 0.493 e. The molecule has 2 atom stereocenters.